The molecule has 5 rings (SSSR count). The number of aliphatic hydroxyl groups excluding tert-OH is 2. The molecule has 2 N–H and O–H groups in total. The number of benzene rings is 1. The van der Waals surface area contributed by atoms with Gasteiger partial charge in [0.15, 0.2) is 29.6 Å². The molecule has 21 heteroatoms. The molecule has 20 nitrogen and oxygen atoms in total. The Kier molecular flexibility index (Phi) is 13.3. The quantitative estimate of drug-likeness (QED) is 0.0534. The standard InChI is InChI=1S/C38H45FN2O18/c1-35-13-12-24(42)18-23(35)9-10-25-26-19-29(43)38(36(26,2)20-30(44)37(25,35)39,59-32(46)7-6-16-57-41(51)52)31(45)21-55-34(48)58-27-11-8-22(17-28(27)53-3)33(47)54-14-4-5-15-56-40(49)50/h8,11-13,17-18,25-26,29-30,43-44H,4-7,9-10,14-16,19-21H2,1-3H3/t25?,26?,29-,30+,35+,36+,37+,38+/m1/s1. The molecule has 0 saturated heterocycles. The maximum atomic E-state index is 17.7. The van der Waals surface area contributed by atoms with Crippen LogP contribution in [0.1, 0.15) is 75.6 Å². The predicted octanol–water partition coefficient (Wildman–Crippen LogP) is 3.54. The van der Waals surface area contributed by atoms with Crippen molar-refractivity contribution in [3.63, 3.8) is 0 Å². The van der Waals surface area contributed by atoms with Crippen molar-refractivity contribution in [3.05, 3.63) is 67.8 Å². The second-order valence-electron chi connectivity index (χ2n) is 15.2. The molecule has 1 aromatic rings. The van der Waals surface area contributed by atoms with Gasteiger partial charge in [-0.1, -0.05) is 18.6 Å². The van der Waals surface area contributed by atoms with Gasteiger partial charge in [0.1, 0.15) is 6.10 Å². The van der Waals surface area contributed by atoms with Gasteiger partial charge in [-0.05, 0) is 88.1 Å². The first-order valence-corrected chi connectivity index (χ1v) is 18.8. The summed E-state index contributed by atoms with van der Waals surface area (Å²) >= 11 is 0. The average Bonchev–Trinajstić information content (AvgIpc) is 3.39. The number of alkyl halides is 1. The predicted molar refractivity (Wildman–Crippen MR) is 193 cm³/mol. The molecule has 0 spiro atoms. The van der Waals surface area contributed by atoms with E-state index in [4.69, 9.17) is 23.7 Å². The maximum Gasteiger partial charge on any atom is 0.514 e. The fraction of sp³-hybridized carbons (Fsp3) is 0.605. The minimum Gasteiger partial charge on any atom is -0.493 e. The van der Waals surface area contributed by atoms with E-state index in [1.807, 2.05) is 0 Å². The number of fused-ring (bicyclic) bond motifs is 5. The van der Waals surface area contributed by atoms with Gasteiger partial charge < -0.3 is 43.6 Å². The highest BCUT2D eigenvalue weighted by molar-refractivity contribution is 6.01. The van der Waals surface area contributed by atoms with Crippen molar-refractivity contribution in [2.45, 2.75) is 88.7 Å². The lowest BCUT2D eigenvalue weighted by atomic mass is 9.44. The zero-order valence-electron chi connectivity index (χ0n) is 32.5. The van der Waals surface area contributed by atoms with E-state index in [0.29, 0.717) is 5.57 Å². The third-order valence-corrected chi connectivity index (χ3v) is 12.1. The number of carbonyl (C=O) groups is 5. The lowest BCUT2D eigenvalue weighted by molar-refractivity contribution is -0.757. The van der Waals surface area contributed by atoms with Crippen LogP contribution in [0.25, 0.3) is 0 Å². The second kappa shape index (κ2) is 17.7. The summed E-state index contributed by atoms with van der Waals surface area (Å²) in [5.41, 5.74) is -7.48. The number of halogens is 1. The number of Topliss-reactive ketones (excluding diaryl/α,β-unsaturated/α-hetero) is 1. The SMILES string of the molecule is COc1cc(C(=O)OCCCCO[N+](=O)[O-])ccc1OC(=O)OCC(=O)[C@@]1(OC(=O)CCCO[N+](=O)[O-])[C@H](O)CC2C3CCC4=CC(=O)C=C[C@]4(C)[C@@]3(F)[C@@H](O)C[C@@]21C. The van der Waals surface area contributed by atoms with Crippen LogP contribution in [0, 0.1) is 42.9 Å². The van der Waals surface area contributed by atoms with Gasteiger partial charge in [0.2, 0.25) is 11.4 Å². The number of ketones is 2. The topological polar surface area (TPSA) is 277 Å². The van der Waals surface area contributed by atoms with E-state index in [0.717, 1.165) is 0 Å². The number of rotatable bonds is 18. The van der Waals surface area contributed by atoms with Crippen LogP contribution in [-0.4, -0.2) is 107 Å². The van der Waals surface area contributed by atoms with Gasteiger partial charge in [-0.3, -0.25) is 14.4 Å². The molecule has 8 atom stereocenters. The fourth-order valence-corrected chi connectivity index (χ4v) is 9.36. The fourth-order valence-electron chi connectivity index (χ4n) is 9.36. The third-order valence-electron chi connectivity index (χ3n) is 12.1. The van der Waals surface area contributed by atoms with Crippen LogP contribution < -0.4 is 9.47 Å². The van der Waals surface area contributed by atoms with Gasteiger partial charge in [0.25, 0.3) is 10.2 Å². The zero-order valence-corrected chi connectivity index (χ0v) is 32.5. The van der Waals surface area contributed by atoms with Crippen molar-refractivity contribution in [3.8, 4) is 11.5 Å². The van der Waals surface area contributed by atoms with E-state index >= 15 is 4.39 Å². The number of hydrogen-bond donors (Lipinski definition) is 2. The highest BCUT2D eigenvalue weighted by Crippen LogP contribution is 2.70. The van der Waals surface area contributed by atoms with E-state index in [-0.39, 0.29) is 74.6 Å². The Bertz CT molecular complexity index is 1920. The van der Waals surface area contributed by atoms with E-state index in [2.05, 4.69) is 9.68 Å². The van der Waals surface area contributed by atoms with Gasteiger partial charge in [0.05, 0.1) is 38.6 Å². The minimum absolute atomic E-state index is 0.00909. The lowest BCUT2D eigenvalue weighted by Gasteiger charge is -2.62. The summed E-state index contributed by atoms with van der Waals surface area (Å²) in [5.74, 6) is -5.60. The normalized spacial score (nSPS) is 30.3. The number of hydrogen-bond acceptors (Lipinski definition) is 18. The Balaban J connectivity index is 1.34. The van der Waals surface area contributed by atoms with Crippen LogP contribution >= 0.6 is 0 Å². The van der Waals surface area contributed by atoms with Crippen LogP contribution in [-0.2, 0) is 38.3 Å². The maximum absolute atomic E-state index is 17.7. The molecule has 4 aliphatic carbocycles. The molecule has 2 unspecified atom stereocenters. The second-order valence-corrected chi connectivity index (χ2v) is 15.2. The molecule has 0 bridgehead atoms. The van der Waals surface area contributed by atoms with Crippen molar-refractivity contribution in [1.29, 1.82) is 0 Å². The first kappa shape index (κ1) is 44.4. The molecule has 0 aromatic heterocycles. The lowest BCUT2D eigenvalue weighted by Crippen LogP contribution is -2.70. The van der Waals surface area contributed by atoms with Crippen molar-refractivity contribution in [2.24, 2.45) is 22.7 Å². The van der Waals surface area contributed by atoms with Crippen LogP contribution in [0.4, 0.5) is 9.18 Å². The van der Waals surface area contributed by atoms with Gasteiger partial charge in [0, 0.05) is 23.2 Å². The Labute approximate surface area is 335 Å². The Morgan fingerprint density at radius 1 is 0.932 bits per heavy atom. The molecule has 1 aromatic carbocycles. The number of carbonyl (C=O) groups excluding carboxylic acids is 5. The summed E-state index contributed by atoms with van der Waals surface area (Å²) in [6, 6.07) is 3.61. The largest absolute Gasteiger partial charge is 0.514 e. The van der Waals surface area contributed by atoms with Crippen molar-refractivity contribution in [1.82, 2.24) is 0 Å². The number of ether oxygens (including phenoxy) is 5. The van der Waals surface area contributed by atoms with Crippen LogP contribution in [0.2, 0.25) is 0 Å². The molecule has 0 aliphatic heterocycles. The summed E-state index contributed by atoms with van der Waals surface area (Å²) in [6.45, 7) is 1.16. The Morgan fingerprint density at radius 2 is 1.61 bits per heavy atom. The van der Waals surface area contributed by atoms with Crippen molar-refractivity contribution in [2.75, 3.05) is 33.5 Å². The number of methoxy groups -OCH3 is 1. The Hall–Kier alpha value is -5.70. The number of allylic oxidation sites excluding steroid dienone is 4. The highest BCUT2D eigenvalue weighted by atomic mass is 19.1. The zero-order chi connectivity index (χ0) is 43.3. The summed E-state index contributed by atoms with van der Waals surface area (Å²) in [6.07, 6.45) is -1.67. The number of esters is 2. The smallest absolute Gasteiger partial charge is 0.493 e. The van der Waals surface area contributed by atoms with Crippen molar-refractivity contribution < 1.29 is 82.1 Å². The molecule has 0 amide bonds. The summed E-state index contributed by atoms with van der Waals surface area (Å²) in [7, 11) is 1.21. The molecule has 0 radical (unpaired) electrons. The van der Waals surface area contributed by atoms with Crippen molar-refractivity contribution >= 4 is 29.7 Å². The van der Waals surface area contributed by atoms with Gasteiger partial charge >= 0.3 is 18.1 Å². The molecule has 3 saturated carbocycles. The monoisotopic (exact) mass is 836 g/mol. The molecule has 3 fully saturated rings. The first-order chi connectivity index (χ1) is 27.8. The van der Waals surface area contributed by atoms with Crippen LogP contribution in [0.3, 0.4) is 0 Å². The van der Waals surface area contributed by atoms with Gasteiger partial charge in [-0.15, -0.1) is 20.2 Å². The molecule has 0 heterocycles. The average molecular weight is 837 g/mol. The summed E-state index contributed by atoms with van der Waals surface area (Å²) in [5, 5.41) is 42.4. The van der Waals surface area contributed by atoms with Crippen LogP contribution in [0.15, 0.2) is 42.0 Å². The number of aliphatic hydroxyl groups is 2. The first-order valence-electron chi connectivity index (χ1n) is 18.8. The highest BCUT2D eigenvalue weighted by Gasteiger charge is 2.78. The molecule has 322 valence electrons. The Morgan fingerprint density at radius 3 is 2.29 bits per heavy atom. The summed E-state index contributed by atoms with van der Waals surface area (Å²) in [4.78, 5) is 94.8. The van der Waals surface area contributed by atoms with Gasteiger partial charge in [-0.25, -0.2) is 14.0 Å². The molecule has 59 heavy (non-hydrogen) atoms. The molecular formula is C38H45FN2O18. The molecular weight excluding hydrogens is 791 g/mol. The van der Waals surface area contributed by atoms with E-state index in [1.165, 1.54) is 50.5 Å². The third kappa shape index (κ3) is 8.43. The minimum atomic E-state index is -2.52. The van der Waals surface area contributed by atoms with Crippen LogP contribution in [0.5, 0.6) is 11.5 Å². The van der Waals surface area contributed by atoms with E-state index < -0.39 is 106 Å². The number of nitrogens with zero attached hydrogens (tertiary/aromatic N) is 2. The van der Waals surface area contributed by atoms with Gasteiger partial charge in [-0.2, -0.15) is 0 Å². The summed E-state index contributed by atoms with van der Waals surface area (Å²) < 4.78 is 44.3. The number of unbranched alkanes of at least 4 members (excludes halogenated alkanes) is 1. The molecule has 4 aliphatic rings. The van der Waals surface area contributed by atoms with E-state index in [1.54, 1.807) is 6.92 Å². The van der Waals surface area contributed by atoms with E-state index in [9.17, 15) is 54.4 Å².